The van der Waals surface area contributed by atoms with Crippen LogP contribution in [0.25, 0.3) is 22.2 Å². The van der Waals surface area contributed by atoms with E-state index in [1.54, 1.807) is 13.4 Å². The molecular formula is C15H16N4O. The molecule has 0 fully saturated rings. The van der Waals surface area contributed by atoms with E-state index in [1.165, 1.54) is 0 Å². The molecule has 5 heteroatoms. The fourth-order valence-electron chi connectivity index (χ4n) is 2.27. The number of aromatic nitrogens is 3. The second-order valence-corrected chi connectivity index (χ2v) is 4.63. The number of ether oxygens (including phenoxy) is 1. The van der Waals surface area contributed by atoms with Gasteiger partial charge in [0.1, 0.15) is 6.33 Å². The quantitative estimate of drug-likeness (QED) is 0.737. The van der Waals surface area contributed by atoms with Crippen molar-refractivity contribution in [3.8, 4) is 11.4 Å². The highest BCUT2D eigenvalue weighted by Gasteiger charge is 2.11. The van der Waals surface area contributed by atoms with E-state index in [9.17, 15) is 0 Å². The summed E-state index contributed by atoms with van der Waals surface area (Å²) in [6.45, 7) is 1.31. The minimum Gasteiger partial charge on any atom is -0.398 e. The second kappa shape index (κ2) is 5.30. The third-order valence-corrected chi connectivity index (χ3v) is 3.31. The predicted molar refractivity (Wildman–Crippen MR) is 79.3 cm³/mol. The normalized spacial score (nSPS) is 11.1. The molecule has 0 aliphatic rings. The van der Waals surface area contributed by atoms with Crippen molar-refractivity contribution in [1.29, 1.82) is 0 Å². The lowest BCUT2D eigenvalue weighted by molar-refractivity contribution is 0.187. The monoisotopic (exact) mass is 268 g/mol. The van der Waals surface area contributed by atoms with E-state index in [0.29, 0.717) is 18.8 Å². The third kappa shape index (κ3) is 2.23. The maximum Gasteiger partial charge on any atom is 0.165 e. The number of nitrogens with two attached hydrogens (primary N) is 1. The Balaban J connectivity index is 2.09. The van der Waals surface area contributed by atoms with Crippen LogP contribution < -0.4 is 5.73 Å². The van der Waals surface area contributed by atoms with Gasteiger partial charge in [0.15, 0.2) is 5.82 Å². The summed E-state index contributed by atoms with van der Waals surface area (Å²) in [5, 5.41) is 10.4. The van der Waals surface area contributed by atoms with Gasteiger partial charge in [0.05, 0.1) is 6.61 Å². The number of nitrogen functional groups attached to an aromatic ring is 1. The summed E-state index contributed by atoms with van der Waals surface area (Å²) in [5.74, 6) is 0.769. The van der Waals surface area contributed by atoms with Crippen LogP contribution in [0.2, 0.25) is 0 Å². The molecule has 1 aromatic heterocycles. The molecule has 5 nitrogen and oxygen atoms in total. The topological polar surface area (TPSA) is 66.0 Å². The summed E-state index contributed by atoms with van der Waals surface area (Å²) in [6.07, 6.45) is 1.70. The fourth-order valence-corrected chi connectivity index (χ4v) is 2.27. The summed E-state index contributed by atoms with van der Waals surface area (Å²) in [5.41, 5.74) is 7.77. The highest BCUT2D eigenvalue weighted by molar-refractivity contribution is 5.92. The SMILES string of the molecule is COCCn1cnnc1-c1cc2ccccc2cc1N. The van der Waals surface area contributed by atoms with Gasteiger partial charge >= 0.3 is 0 Å². The van der Waals surface area contributed by atoms with Gasteiger partial charge in [0, 0.05) is 24.9 Å². The van der Waals surface area contributed by atoms with Gasteiger partial charge in [-0.3, -0.25) is 0 Å². The molecule has 2 N–H and O–H groups in total. The van der Waals surface area contributed by atoms with Crippen molar-refractivity contribution in [3.63, 3.8) is 0 Å². The average molecular weight is 268 g/mol. The summed E-state index contributed by atoms with van der Waals surface area (Å²) in [7, 11) is 1.68. The van der Waals surface area contributed by atoms with E-state index < -0.39 is 0 Å². The van der Waals surface area contributed by atoms with Gasteiger partial charge < -0.3 is 15.0 Å². The third-order valence-electron chi connectivity index (χ3n) is 3.31. The van der Waals surface area contributed by atoms with Crippen molar-refractivity contribution < 1.29 is 4.74 Å². The number of nitrogens with zero attached hydrogens (tertiary/aromatic N) is 3. The smallest absolute Gasteiger partial charge is 0.165 e. The Labute approximate surface area is 117 Å². The first-order valence-corrected chi connectivity index (χ1v) is 6.45. The van der Waals surface area contributed by atoms with Crippen LogP contribution in [0.4, 0.5) is 5.69 Å². The Hall–Kier alpha value is -2.40. The molecule has 0 aliphatic heterocycles. The number of hydrogen-bond donors (Lipinski definition) is 1. The summed E-state index contributed by atoms with van der Waals surface area (Å²) in [6, 6.07) is 12.2. The maximum atomic E-state index is 6.16. The Morgan fingerprint density at radius 2 is 1.95 bits per heavy atom. The van der Waals surface area contributed by atoms with Crippen molar-refractivity contribution in [2.45, 2.75) is 6.54 Å². The zero-order valence-electron chi connectivity index (χ0n) is 11.3. The fraction of sp³-hybridized carbons (Fsp3) is 0.200. The summed E-state index contributed by atoms with van der Waals surface area (Å²) < 4.78 is 7.05. The van der Waals surface area contributed by atoms with Gasteiger partial charge in [0.25, 0.3) is 0 Å². The van der Waals surface area contributed by atoms with Crippen LogP contribution in [0, 0.1) is 0 Å². The first kappa shape index (κ1) is 12.6. The van der Waals surface area contributed by atoms with E-state index in [1.807, 2.05) is 28.8 Å². The highest BCUT2D eigenvalue weighted by Crippen LogP contribution is 2.29. The molecule has 0 aliphatic carbocycles. The molecule has 1 heterocycles. The largest absolute Gasteiger partial charge is 0.398 e. The molecule has 3 aromatic rings. The van der Waals surface area contributed by atoms with Crippen molar-refractivity contribution in [1.82, 2.24) is 14.8 Å². The molecule has 20 heavy (non-hydrogen) atoms. The van der Waals surface area contributed by atoms with Crippen LogP contribution >= 0.6 is 0 Å². The molecule has 102 valence electrons. The standard InChI is InChI=1S/C15H16N4O/c1-20-7-6-19-10-17-18-15(19)13-8-11-4-2-3-5-12(11)9-14(13)16/h2-5,8-10H,6-7,16H2,1H3. The second-order valence-electron chi connectivity index (χ2n) is 4.63. The first-order valence-electron chi connectivity index (χ1n) is 6.45. The molecule has 2 aromatic carbocycles. The van der Waals surface area contributed by atoms with E-state index in [4.69, 9.17) is 10.5 Å². The van der Waals surface area contributed by atoms with E-state index >= 15 is 0 Å². The van der Waals surface area contributed by atoms with Crippen LogP contribution in [0.15, 0.2) is 42.7 Å². The van der Waals surface area contributed by atoms with Crippen molar-refractivity contribution >= 4 is 16.5 Å². The van der Waals surface area contributed by atoms with E-state index in [0.717, 1.165) is 22.2 Å². The van der Waals surface area contributed by atoms with Gasteiger partial charge in [-0.1, -0.05) is 24.3 Å². The molecule has 0 radical (unpaired) electrons. The van der Waals surface area contributed by atoms with Crippen LogP contribution in [-0.2, 0) is 11.3 Å². The first-order chi connectivity index (χ1) is 9.79. The van der Waals surface area contributed by atoms with E-state index in [2.05, 4.69) is 22.3 Å². The lowest BCUT2D eigenvalue weighted by atomic mass is 10.0. The molecule has 3 rings (SSSR count). The molecule has 0 saturated heterocycles. The Morgan fingerprint density at radius 3 is 2.70 bits per heavy atom. The Kier molecular flexibility index (Phi) is 3.35. The Bertz CT molecular complexity index is 736. The number of anilines is 1. The zero-order valence-corrected chi connectivity index (χ0v) is 11.3. The van der Waals surface area contributed by atoms with Crippen molar-refractivity contribution in [3.05, 3.63) is 42.7 Å². The lowest BCUT2D eigenvalue weighted by Gasteiger charge is -2.09. The lowest BCUT2D eigenvalue weighted by Crippen LogP contribution is -2.06. The molecule has 0 saturated carbocycles. The van der Waals surface area contributed by atoms with Gasteiger partial charge in [-0.25, -0.2) is 0 Å². The number of hydrogen-bond acceptors (Lipinski definition) is 4. The minimum atomic E-state index is 0.610. The number of methoxy groups -OCH3 is 1. The molecule has 0 unspecified atom stereocenters. The molecular weight excluding hydrogens is 252 g/mol. The minimum absolute atomic E-state index is 0.610. The number of fused-ring (bicyclic) bond motifs is 1. The highest BCUT2D eigenvalue weighted by atomic mass is 16.5. The predicted octanol–water partition coefficient (Wildman–Crippen LogP) is 2.33. The van der Waals surface area contributed by atoms with Gasteiger partial charge in [-0.05, 0) is 22.9 Å². The van der Waals surface area contributed by atoms with Crippen LogP contribution in [-0.4, -0.2) is 28.5 Å². The average Bonchev–Trinajstić information content (AvgIpc) is 2.92. The van der Waals surface area contributed by atoms with Gasteiger partial charge in [0.2, 0.25) is 0 Å². The molecule has 0 bridgehead atoms. The van der Waals surface area contributed by atoms with Gasteiger partial charge in [-0.2, -0.15) is 0 Å². The van der Waals surface area contributed by atoms with Crippen LogP contribution in [0.3, 0.4) is 0 Å². The molecule has 0 atom stereocenters. The van der Waals surface area contributed by atoms with Crippen molar-refractivity contribution in [2.24, 2.45) is 0 Å². The molecule has 0 amide bonds. The summed E-state index contributed by atoms with van der Waals surface area (Å²) >= 11 is 0. The zero-order chi connectivity index (χ0) is 13.9. The number of benzene rings is 2. The van der Waals surface area contributed by atoms with Crippen LogP contribution in [0.5, 0.6) is 0 Å². The molecule has 0 spiro atoms. The Morgan fingerprint density at radius 1 is 1.20 bits per heavy atom. The van der Waals surface area contributed by atoms with Gasteiger partial charge in [-0.15, -0.1) is 10.2 Å². The van der Waals surface area contributed by atoms with Crippen molar-refractivity contribution in [2.75, 3.05) is 19.5 Å². The van der Waals surface area contributed by atoms with Crippen LogP contribution in [0.1, 0.15) is 0 Å². The number of rotatable bonds is 4. The summed E-state index contributed by atoms with van der Waals surface area (Å²) in [4.78, 5) is 0. The maximum absolute atomic E-state index is 6.16. The van der Waals surface area contributed by atoms with E-state index in [-0.39, 0.29) is 0 Å².